The SMILES string of the molecule is C1=CCC(c2nc(C3=CC(c4ccc5c(c4)oc4ccccc45)=CCC3)nc(-c3ccccc3)n2)C=C1. The lowest BCUT2D eigenvalue weighted by Crippen LogP contribution is -2.10. The Morgan fingerprint density at radius 3 is 2.46 bits per heavy atom. The van der Waals surface area contributed by atoms with Gasteiger partial charge in [-0.3, -0.25) is 0 Å². The predicted octanol–water partition coefficient (Wildman–Crippen LogP) is 8.30. The molecule has 7 rings (SSSR count). The molecule has 0 saturated heterocycles. The van der Waals surface area contributed by atoms with Gasteiger partial charge in [-0.15, -0.1) is 0 Å². The van der Waals surface area contributed by atoms with Gasteiger partial charge < -0.3 is 4.42 Å². The first-order valence-corrected chi connectivity index (χ1v) is 12.8. The summed E-state index contributed by atoms with van der Waals surface area (Å²) in [5.74, 6) is 2.47. The van der Waals surface area contributed by atoms with Gasteiger partial charge in [0.25, 0.3) is 0 Å². The topological polar surface area (TPSA) is 51.8 Å². The van der Waals surface area contributed by atoms with Crippen LogP contribution in [0.15, 0.2) is 114 Å². The minimum atomic E-state index is 0.156. The molecule has 0 amide bonds. The number of allylic oxidation sites excluding steroid dienone is 8. The highest BCUT2D eigenvalue weighted by molar-refractivity contribution is 6.05. The van der Waals surface area contributed by atoms with Crippen molar-refractivity contribution >= 4 is 33.1 Å². The van der Waals surface area contributed by atoms with Crippen LogP contribution in [0.3, 0.4) is 0 Å². The highest BCUT2D eigenvalue weighted by atomic mass is 16.3. The van der Waals surface area contributed by atoms with E-state index in [4.69, 9.17) is 19.4 Å². The van der Waals surface area contributed by atoms with Crippen molar-refractivity contribution in [3.8, 4) is 11.4 Å². The molecule has 1 unspecified atom stereocenters. The zero-order chi connectivity index (χ0) is 24.6. The molecule has 0 spiro atoms. The summed E-state index contributed by atoms with van der Waals surface area (Å²) in [6, 6.07) is 24.9. The van der Waals surface area contributed by atoms with Gasteiger partial charge in [0, 0.05) is 22.3 Å². The molecule has 1 atom stereocenters. The fourth-order valence-corrected chi connectivity index (χ4v) is 5.18. The third kappa shape index (κ3) is 4.11. The van der Waals surface area contributed by atoms with Crippen molar-refractivity contribution in [1.82, 2.24) is 15.0 Å². The van der Waals surface area contributed by atoms with Gasteiger partial charge in [0.2, 0.25) is 0 Å². The van der Waals surface area contributed by atoms with E-state index < -0.39 is 0 Å². The van der Waals surface area contributed by atoms with Crippen LogP contribution in [0.2, 0.25) is 0 Å². The second kappa shape index (κ2) is 9.14. The minimum Gasteiger partial charge on any atom is -0.456 e. The lowest BCUT2D eigenvalue weighted by atomic mass is 9.93. The van der Waals surface area contributed by atoms with Gasteiger partial charge in [-0.2, -0.15) is 0 Å². The summed E-state index contributed by atoms with van der Waals surface area (Å²) in [5, 5.41) is 2.29. The monoisotopic (exact) mass is 479 g/mol. The van der Waals surface area contributed by atoms with Crippen LogP contribution >= 0.6 is 0 Å². The fraction of sp³-hybridized carbons (Fsp3) is 0.121. The first-order chi connectivity index (χ1) is 18.3. The highest BCUT2D eigenvalue weighted by Crippen LogP contribution is 2.35. The number of furan rings is 1. The van der Waals surface area contributed by atoms with Gasteiger partial charge in [0.05, 0.1) is 0 Å². The Bertz CT molecular complexity index is 1760. The Labute approximate surface area is 215 Å². The number of rotatable bonds is 4. The van der Waals surface area contributed by atoms with Crippen molar-refractivity contribution in [2.45, 2.75) is 25.2 Å². The summed E-state index contributed by atoms with van der Waals surface area (Å²) in [5.41, 5.74) is 6.28. The molecule has 2 heterocycles. The van der Waals surface area contributed by atoms with Crippen molar-refractivity contribution < 1.29 is 4.42 Å². The molecule has 2 aliphatic carbocycles. The molecule has 0 radical (unpaired) electrons. The van der Waals surface area contributed by atoms with E-state index >= 15 is 0 Å². The zero-order valence-corrected chi connectivity index (χ0v) is 20.3. The molecule has 178 valence electrons. The maximum Gasteiger partial charge on any atom is 0.163 e. The number of nitrogens with zero attached hydrogens (tertiary/aromatic N) is 3. The largest absolute Gasteiger partial charge is 0.456 e. The van der Waals surface area contributed by atoms with Crippen LogP contribution in [0, 0.1) is 0 Å². The van der Waals surface area contributed by atoms with Crippen LogP contribution in [-0.2, 0) is 0 Å². The molecule has 2 aromatic heterocycles. The maximum atomic E-state index is 6.15. The number of para-hydroxylation sites is 1. The van der Waals surface area contributed by atoms with Gasteiger partial charge in [-0.1, -0.05) is 85.0 Å². The highest BCUT2D eigenvalue weighted by Gasteiger charge is 2.19. The molecule has 0 fully saturated rings. The van der Waals surface area contributed by atoms with Gasteiger partial charge in [-0.05, 0) is 60.2 Å². The number of fused-ring (bicyclic) bond motifs is 3. The first kappa shape index (κ1) is 21.7. The molecule has 2 aliphatic rings. The molecule has 37 heavy (non-hydrogen) atoms. The maximum absolute atomic E-state index is 6.15. The van der Waals surface area contributed by atoms with Crippen molar-refractivity contribution in [3.63, 3.8) is 0 Å². The third-order valence-electron chi connectivity index (χ3n) is 7.10. The van der Waals surface area contributed by atoms with Crippen LogP contribution in [0.25, 0.3) is 44.5 Å². The van der Waals surface area contributed by atoms with E-state index in [1.807, 2.05) is 30.3 Å². The van der Waals surface area contributed by atoms with E-state index in [1.54, 1.807) is 0 Å². The van der Waals surface area contributed by atoms with Gasteiger partial charge in [0.1, 0.15) is 17.0 Å². The van der Waals surface area contributed by atoms with E-state index in [9.17, 15) is 0 Å². The normalized spacial score (nSPS) is 17.2. The summed E-state index contributed by atoms with van der Waals surface area (Å²) < 4.78 is 6.15. The quantitative estimate of drug-likeness (QED) is 0.260. The van der Waals surface area contributed by atoms with Crippen molar-refractivity contribution in [2.75, 3.05) is 0 Å². The second-order valence-corrected chi connectivity index (χ2v) is 9.54. The number of aromatic nitrogens is 3. The summed E-state index contributed by atoms with van der Waals surface area (Å²) >= 11 is 0. The Kier molecular flexibility index (Phi) is 5.36. The second-order valence-electron chi connectivity index (χ2n) is 9.54. The number of benzene rings is 3. The Balaban J connectivity index is 1.30. The summed E-state index contributed by atoms with van der Waals surface area (Å²) in [4.78, 5) is 14.8. The lowest BCUT2D eigenvalue weighted by Gasteiger charge is -2.17. The van der Waals surface area contributed by atoms with E-state index in [0.29, 0.717) is 0 Å². The summed E-state index contributed by atoms with van der Waals surface area (Å²) in [7, 11) is 0. The predicted molar refractivity (Wildman–Crippen MR) is 150 cm³/mol. The van der Waals surface area contributed by atoms with E-state index in [-0.39, 0.29) is 5.92 Å². The molecule has 4 heteroatoms. The molecule has 4 nitrogen and oxygen atoms in total. The van der Waals surface area contributed by atoms with Crippen molar-refractivity contribution in [2.24, 2.45) is 0 Å². The van der Waals surface area contributed by atoms with Gasteiger partial charge in [-0.25, -0.2) is 15.0 Å². The zero-order valence-electron chi connectivity index (χ0n) is 20.3. The lowest BCUT2D eigenvalue weighted by molar-refractivity contribution is 0.669. The average Bonchev–Trinajstić information content (AvgIpc) is 3.36. The van der Waals surface area contributed by atoms with Crippen molar-refractivity contribution in [1.29, 1.82) is 0 Å². The smallest absolute Gasteiger partial charge is 0.163 e. The summed E-state index contributed by atoms with van der Waals surface area (Å²) in [6.07, 6.45) is 15.8. The molecule has 5 aromatic rings. The van der Waals surface area contributed by atoms with Crippen LogP contribution in [0.5, 0.6) is 0 Å². The van der Waals surface area contributed by atoms with Crippen molar-refractivity contribution in [3.05, 3.63) is 126 Å². The molecular weight excluding hydrogens is 454 g/mol. The third-order valence-corrected chi connectivity index (χ3v) is 7.10. The molecule has 0 saturated carbocycles. The molecule has 3 aromatic carbocycles. The van der Waals surface area contributed by atoms with E-state index in [2.05, 4.69) is 78.9 Å². The van der Waals surface area contributed by atoms with Gasteiger partial charge in [0.15, 0.2) is 11.6 Å². The van der Waals surface area contributed by atoms with E-state index in [1.165, 1.54) is 5.57 Å². The van der Waals surface area contributed by atoms with Crippen LogP contribution < -0.4 is 0 Å². The molecule has 0 N–H and O–H groups in total. The fourth-order valence-electron chi connectivity index (χ4n) is 5.18. The number of hydrogen-bond acceptors (Lipinski definition) is 4. The number of hydrogen-bond donors (Lipinski definition) is 0. The van der Waals surface area contributed by atoms with Crippen LogP contribution in [0.4, 0.5) is 0 Å². The Hall–Kier alpha value is -4.57. The Morgan fingerprint density at radius 1 is 0.730 bits per heavy atom. The minimum absolute atomic E-state index is 0.156. The van der Waals surface area contributed by atoms with Crippen LogP contribution in [-0.4, -0.2) is 15.0 Å². The molecular formula is C33H25N3O. The van der Waals surface area contributed by atoms with E-state index in [0.717, 1.165) is 75.4 Å². The molecule has 0 aliphatic heterocycles. The van der Waals surface area contributed by atoms with Gasteiger partial charge >= 0.3 is 0 Å². The average molecular weight is 480 g/mol. The summed E-state index contributed by atoms with van der Waals surface area (Å²) in [6.45, 7) is 0. The first-order valence-electron chi connectivity index (χ1n) is 12.8. The standard InChI is InChI=1S/C33H25N3O/c1-3-10-22(11-4-1)31-34-32(23-12-5-2-6-13-23)36-33(35-31)26-15-9-14-24(20-26)25-18-19-28-27-16-7-8-17-29(27)37-30(28)21-25/h1-8,10-12,14,16-21,23H,9,13,15H2. The molecule has 0 bridgehead atoms. The Morgan fingerprint density at radius 2 is 1.57 bits per heavy atom. The van der Waals surface area contributed by atoms with Crippen LogP contribution in [0.1, 0.15) is 42.4 Å².